The lowest BCUT2D eigenvalue weighted by atomic mass is 10.2. The summed E-state index contributed by atoms with van der Waals surface area (Å²) in [5, 5.41) is 15.1. The van der Waals surface area contributed by atoms with Crippen LogP contribution >= 0.6 is 0 Å². The molecule has 8 nitrogen and oxygen atoms in total. The fourth-order valence-electron chi connectivity index (χ4n) is 2.36. The number of nitrogens with one attached hydrogen (secondary N) is 1. The predicted molar refractivity (Wildman–Crippen MR) is 96.1 cm³/mol. The van der Waals surface area contributed by atoms with E-state index < -0.39 is 6.04 Å². The summed E-state index contributed by atoms with van der Waals surface area (Å²) in [6.07, 6.45) is 0. The Hall–Kier alpha value is -3.42. The molecule has 1 unspecified atom stereocenters. The van der Waals surface area contributed by atoms with Crippen LogP contribution in [0.25, 0.3) is 11.4 Å². The van der Waals surface area contributed by atoms with Gasteiger partial charge in [0.1, 0.15) is 6.04 Å². The van der Waals surface area contributed by atoms with Crippen LogP contribution in [0.2, 0.25) is 0 Å². The molecule has 0 saturated carbocycles. The van der Waals surface area contributed by atoms with Gasteiger partial charge in [0.2, 0.25) is 5.82 Å². The molecule has 26 heavy (non-hydrogen) atoms. The Labute approximate surface area is 150 Å². The Kier molecular flexibility index (Phi) is 5.12. The van der Waals surface area contributed by atoms with Crippen LogP contribution in [-0.2, 0) is 4.79 Å². The lowest BCUT2D eigenvalue weighted by molar-refractivity contribution is -0.119. The van der Waals surface area contributed by atoms with Gasteiger partial charge in [0.15, 0.2) is 11.5 Å². The molecular weight excluding hydrogens is 334 g/mol. The second-order valence-corrected chi connectivity index (χ2v) is 5.53. The molecule has 0 radical (unpaired) electrons. The van der Waals surface area contributed by atoms with E-state index in [0.717, 1.165) is 5.56 Å². The third-order valence-corrected chi connectivity index (χ3v) is 3.84. The van der Waals surface area contributed by atoms with Crippen LogP contribution in [0.1, 0.15) is 13.0 Å². The fraction of sp³-hybridized carbons (Fsp3) is 0.222. The molecule has 3 rings (SSSR count). The molecule has 1 heterocycles. The molecule has 1 amide bonds. The predicted octanol–water partition coefficient (Wildman–Crippen LogP) is 2.56. The molecule has 2 aromatic carbocycles. The zero-order valence-corrected chi connectivity index (χ0v) is 14.7. The van der Waals surface area contributed by atoms with Crippen molar-refractivity contribution in [3.8, 4) is 22.9 Å². The van der Waals surface area contributed by atoms with E-state index in [2.05, 4.69) is 20.7 Å². The maximum Gasteiger partial charge on any atom is 0.250 e. The SMILES string of the molecule is COc1ccc(NC(=O)C(C)n2nnc(-c3ccccc3)n2)cc1OC. The molecule has 0 fully saturated rings. The zero-order chi connectivity index (χ0) is 18.5. The highest BCUT2D eigenvalue weighted by Gasteiger charge is 2.19. The van der Waals surface area contributed by atoms with E-state index in [1.54, 1.807) is 32.2 Å². The Morgan fingerprint density at radius 2 is 1.81 bits per heavy atom. The highest BCUT2D eigenvalue weighted by molar-refractivity contribution is 5.93. The molecule has 3 aromatic rings. The number of hydrogen-bond donors (Lipinski definition) is 1. The minimum atomic E-state index is -0.631. The van der Waals surface area contributed by atoms with Crippen LogP contribution in [0.3, 0.4) is 0 Å². The van der Waals surface area contributed by atoms with Crippen LogP contribution in [0.4, 0.5) is 5.69 Å². The number of methoxy groups -OCH3 is 2. The van der Waals surface area contributed by atoms with Crippen molar-refractivity contribution >= 4 is 11.6 Å². The average molecular weight is 353 g/mol. The summed E-state index contributed by atoms with van der Waals surface area (Å²) in [7, 11) is 3.09. The van der Waals surface area contributed by atoms with E-state index in [1.165, 1.54) is 11.9 Å². The molecule has 1 aromatic heterocycles. The molecule has 1 N–H and O–H groups in total. The van der Waals surface area contributed by atoms with Crippen LogP contribution < -0.4 is 14.8 Å². The number of nitrogens with zero attached hydrogens (tertiary/aromatic N) is 4. The number of anilines is 1. The minimum Gasteiger partial charge on any atom is -0.493 e. The summed E-state index contributed by atoms with van der Waals surface area (Å²) >= 11 is 0. The van der Waals surface area contributed by atoms with Crippen molar-refractivity contribution < 1.29 is 14.3 Å². The van der Waals surface area contributed by atoms with E-state index >= 15 is 0 Å². The van der Waals surface area contributed by atoms with Gasteiger partial charge in [-0.2, -0.15) is 4.80 Å². The quantitative estimate of drug-likeness (QED) is 0.732. The Balaban J connectivity index is 1.73. The third kappa shape index (κ3) is 3.64. The van der Waals surface area contributed by atoms with Crippen molar-refractivity contribution in [2.75, 3.05) is 19.5 Å². The minimum absolute atomic E-state index is 0.269. The first-order chi connectivity index (χ1) is 12.6. The lowest BCUT2D eigenvalue weighted by Crippen LogP contribution is -2.25. The van der Waals surface area contributed by atoms with E-state index in [9.17, 15) is 4.79 Å². The van der Waals surface area contributed by atoms with Crippen molar-refractivity contribution in [1.82, 2.24) is 20.2 Å². The highest BCUT2D eigenvalue weighted by atomic mass is 16.5. The normalized spacial score (nSPS) is 11.7. The molecule has 0 spiro atoms. The number of ether oxygens (including phenoxy) is 2. The fourth-order valence-corrected chi connectivity index (χ4v) is 2.36. The maximum absolute atomic E-state index is 12.5. The van der Waals surface area contributed by atoms with Crippen LogP contribution in [0.5, 0.6) is 11.5 Å². The molecule has 8 heteroatoms. The van der Waals surface area contributed by atoms with Crippen LogP contribution in [-0.4, -0.2) is 40.3 Å². The number of aromatic nitrogens is 4. The summed E-state index contributed by atoms with van der Waals surface area (Å²) in [5.74, 6) is 1.32. The number of tetrazole rings is 1. The Morgan fingerprint density at radius 3 is 2.50 bits per heavy atom. The lowest BCUT2D eigenvalue weighted by Gasteiger charge is -2.13. The van der Waals surface area contributed by atoms with Crippen molar-refractivity contribution in [2.24, 2.45) is 0 Å². The Bertz CT molecular complexity index is 895. The van der Waals surface area contributed by atoms with E-state index in [1.807, 2.05) is 30.3 Å². The van der Waals surface area contributed by atoms with Gasteiger partial charge in [-0.25, -0.2) is 0 Å². The van der Waals surface area contributed by atoms with E-state index in [-0.39, 0.29) is 5.91 Å². The van der Waals surface area contributed by atoms with E-state index in [0.29, 0.717) is 23.0 Å². The van der Waals surface area contributed by atoms with Gasteiger partial charge < -0.3 is 14.8 Å². The second kappa shape index (κ2) is 7.64. The van der Waals surface area contributed by atoms with E-state index in [4.69, 9.17) is 9.47 Å². The largest absolute Gasteiger partial charge is 0.493 e. The molecule has 134 valence electrons. The van der Waals surface area contributed by atoms with Gasteiger partial charge in [0.05, 0.1) is 14.2 Å². The molecule has 0 aliphatic rings. The van der Waals surface area contributed by atoms with Gasteiger partial charge in [0.25, 0.3) is 5.91 Å². The molecule has 0 aliphatic heterocycles. The van der Waals surface area contributed by atoms with Crippen molar-refractivity contribution in [3.05, 3.63) is 48.5 Å². The molecule has 0 saturated heterocycles. The molecule has 0 aliphatic carbocycles. The highest BCUT2D eigenvalue weighted by Crippen LogP contribution is 2.30. The zero-order valence-electron chi connectivity index (χ0n) is 14.7. The van der Waals surface area contributed by atoms with Gasteiger partial charge in [-0.1, -0.05) is 30.3 Å². The Morgan fingerprint density at radius 1 is 1.08 bits per heavy atom. The number of benzene rings is 2. The first kappa shape index (κ1) is 17.4. The topological polar surface area (TPSA) is 91.2 Å². The van der Waals surface area contributed by atoms with Gasteiger partial charge in [-0.3, -0.25) is 4.79 Å². The summed E-state index contributed by atoms with van der Waals surface area (Å²) < 4.78 is 10.4. The standard InChI is InChI=1S/C18H19N5O3/c1-12(23-21-17(20-22-23)13-7-5-4-6-8-13)18(24)19-14-9-10-15(25-2)16(11-14)26-3/h4-12H,1-3H3,(H,19,24). The monoisotopic (exact) mass is 353 g/mol. The summed E-state index contributed by atoms with van der Waals surface area (Å²) in [6, 6.07) is 14.0. The van der Waals surface area contributed by atoms with Crippen LogP contribution in [0, 0.1) is 0 Å². The smallest absolute Gasteiger partial charge is 0.250 e. The number of amides is 1. The first-order valence-corrected chi connectivity index (χ1v) is 8.00. The third-order valence-electron chi connectivity index (χ3n) is 3.84. The summed E-state index contributed by atoms with van der Waals surface area (Å²) in [4.78, 5) is 13.8. The number of carbonyl (C=O) groups excluding carboxylic acids is 1. The second-order valence-electron chi connectivity index (χ2n) is 5.53. The molecule has 1 atom stereocenters. The van der Waals surface area contributed by atoms with Gasteiger partial charge >= 0.3 is 0 Å². The van der Waals surface area contributed by atoms with Crippen molar-refractivity contribution in [1.29, 1.82) is 0 Å². The number of hydrogen-bond acceptors (Lipinski definition) is 6. The van der Waals surface area contributed by atoms with Crippen molar-refractivity contribution in [3.63, 3.8) is 0 Å². The van der Waals surface area contributed by atoms with Gasteiger partial charge in [-0.05, 0) is 24.3 Å². The average Bonchev–Trinajstić information content (AvgIpc) is 3.18. The molecule has 0 bridgehead atoms. The number of rotatable bonds is 6. The molecular formula is C18H19N5O3. The summed E-state index contributed by atoms with van der Waals surface area (Å²) in [6.45, 7) is 1.70. The van der Waals surface area contributed by atoms with Crippen LogP contribution in [0.15, 0.2) is 48.5 Å². The summed E-state index contributed by atoms with van der Waals surface area (Å²) in [5.41, 5.74) is 1.43. The number of carbonyl (C=O) groups is 1. The van der Waals surface area contributed by atoms with Gasteiger partial charge in [-0.15, -0.1) is 10.2 Å². The van der Waals surface area contributed by atoms with Crippen molar-refractivity contribution in [2.45, 2.75) is 13.0 Å². The van der Waals surface area contributed by atoms with Gasteiger partial charge in [0, 0.05) is 17.3 Å². The first-order valence-electron chi connectivity index (χ1n) is 8.00. The maximum atomic E-state index is 12.5.